The van der Waals surface area contributed by atoms with Gasteiger partial charge in [-0.15, -0.1) is 0 Å². The second kappa shape index (κ2) is 9.62. The molecule has 1 amide bonds. The lowest BCUT2D eigenvalue weighted by Gasteiger charge is -2.12. The Balaban J connectivity index is 1.51. The van der Waals surface area contributed by atoms with Crippen molar-refractivity contribution in [2.75, 3.05) is 25.1 Å². The van der Waals surface area contributed by atoms with Crippen LogP contribution in [0.1, 0.15) is 46.2 Å². The van der Waals surface area contributed by atoms with Crippen molar-refractivity contribution in [3.63, 3.8) is 0 Å². The fourth-order valence-electron chi connectivity index (χ4n) is 4.13. The Hall–Kier alpha value is -3.39. The van der Waals surface area contributed by atoms with Gasteiger partial charge in [0.25, 0.3) is 5.91 Å². The van der Waals surface area contributed by atoms with Crippen LogP contribution in [0.4, 0.5) is 10.1 Å². The largest absolute Gasteiger partial charge is 0.491 e. The summed E-state index contributed by atoms with van der Waals surface area (Å²) in [5.41, 5.74) is 1.54. The zero-order valence-corrected chi connectivity index (χ0v) is 18.9. The molecule has 3 aromatic rings. The summed E-state index contributed by atoms with van der Waals surface area (Å²) >= 11 is 0. The van der Waals surface area contributed by atoms with Crippen molar-refractivity contribution >= 4 is 28.5 Å². The molecular weight excluding hydrogens is 427 g/mol. The lowest BCUT2D eigenvalue weighted by Crippen LogP contribution is -2.16. The van der Waals surface area contributed by atoms with Gasteiger partial charge in [0.05, 0.1) is 23.9 Å². The smallest absolute Gasteiger partial charge is 0.355 e. The van der Waals surface area contributed by atoms with E-state index in [1.807, 2.05) is 0 Å². The molecule has 0 bridgehead atoms. The molecule has 0 unspecified atom stereocenters. The number of rotatable bonds is 7. The van der Waals surface area contributed by atoms with E-state index in [1.54, 1.807) is 51.2 Å². The fraction of sp³-hybridized carbons (Fsp3) is 0.360. The van der Waals surface area contributed by atoms with Gasteiger partial charge < -0.3 is 24.1 Å². The third-order valence-corrected chi connectivity index (χ3v) is 5.84. The van der Waals surface area contributed by atoms with E-state index in [4.69, 9.17) is 14.2 Å². The number of carbonyl (C=O) groups excluding carboxylic acids is 2. The van der Waals surface area contributed by atoms with Crippen LogP contribution < -0.4 is 10.1 Å². The second-order valence-electron chi connectivity index (χ2n) is 8.00. The number of esters is 1. The molecule has 174 valence electrons. The van der Waals surface area contributed by atoms with Crippen LogP contribution in [0.25, 0.3) is 10.9 Å². The zero-order chi connectivity index (χ0) is 23.5. The van der Waals surface area contributed by atoms with Gasteiger partial charge in [0.2, 0.25) is 0 Å². The quantitative estimate of drug-likeness (QED) is 0.528. The van der Waals surface area contributed by atoms with Crippen molar-refractivity contribution in [3.8, 4) is 5.75 Å². The minimum Gasteiger partial charge on any atom is -0.491 e. The van der Waals surface area contributed by atoms with Gasteiger partial charge in [-0.05, 0) is 62.6 Å². The Morgan fingerprint density at radius 2 is 1.97 bits per heavy atom. The van der Waals surface area contributed by atoms with Crippen LogP contribution >= 0.6 is 0 Å². The summed E-state index contributed by atoms with van der Waals surface area (Å²) in [6, 6.07) is 9.85. The molecule has 0 radical (unpaired) electrons. The first-order valence-electron chi connectivity index (χ1n) is 11.0. The van der Waals surface area contributed by atoms with E-state index in [0.29, 0.717) is 28.9 Å². The van der Waals surface area contributed by atoms with Crippen molar-refractivity contribution in [2.24, 2.45) is 7.05 Å². The third kappa shape index (κ3) is 4.57. The van der Waals surface area contributed by atoms with Crippen LogP contribution in [-0.2, 0) is 16.5 Å². The first-order chi connectivity index (χ1) is 15.9. The van der Waals surface area contributed by atoms with Crippen molar-refractivity contribution < 1.29 is 28.2 Å². The number of aryl methyl sites for hydroxylation is 2. The summed E-state index contributed by atoms with van der Waals surface area (Å²) in [4.78, 5) is 25.0. The van der Waals surface area contributed by atoms with Gasteiger partial charge in [-0.2, -0.15) is 0 Å². The minimum atomic E-state index is -0.612. The number of ether oxygens (including phenoxy) is 3. The molecule has 1 N–H and O–H groups in total. The molecule has 0 saturated carbocycles. The van der Waals surface area contributed by atoms with Gasteiger partial charge in [-0.1, -0.05) is 6.07 Å². The van der Waals surface area contributed by atoms with Crippen LogP contribution in [0.3, 0.4) is 0 Å². The molecule has 2 heterocycles. The number of carbonyl (C=O) groups is 2. The summed E-state index contributed by atoms with van der Waals surface area (Å²) in [6.45, 7) is 4.92. The number of amides is 1. The molecule has 1 aliphatic heterocycles. The number of hydrogen-bond acceptors (Lipinski definition) is 5. The van der Waals surface area contributed by atoms with Crippen molar-refractivity contribution in [3.05, 3.63) is 59.0 Å². The molecule has 1 fully saturated rings. The van der Waals surface area contributed by atoms with Gasteiger partial charge in [-0.3, -0.25) is 4.79 Å². The lowest BCUT2D eigenvalue weighted by molar-refractivity contribution is 0.0514. The summed E-state index contributed by atoms with van der Waals surface area (Å²) < 4.78 is 33.2. The van der Waals surface area contributed by atoms with Crippen LogP contribution in [0.2, 0.25) is 0 Å². The maximum Gasteiger partial charge on any atom is 0.355 e. The third-order valence-electron chi connectivity index (χ3n) is 5.84. The molecular formula is C25H27FN2O5. The molecule has 33 heavy (non-hydrogen) atoms. The minimum absolute atomic E-state index is 0.0298. The molecule has 4 rings (SSSR count). The molecule has 7 nitrogen and oxygen atoms in total. The highest BCUT2D eigenvalue weighted by Crippen LogP contribution is 2.31. The highest BCUT2D eigenvalue weighted by atomic mass is 19.1. The van der Waals surface area contributed by atoms with Crippen LogP contribution in [-0.4, -0.2) is 42.4 Å². The van der Waals surface area contributed by atoms with Gasteiger partial charge in [0, 0.05) is 24.6 Å². The first kappa shape index (κ1) is 22.8. The normalized spacial score (nSPS) is 15.6. The van der Waals surface area contributed by atoms with Crippen LogP contribution in [0, 0.1) is 12.7 Å². The van der Waals surface area contributed by atoms with Gasteiger partial charge >= 0.3 is 5.97 Å². The summed E-state index contributed by atoms with van der Waals surface area (Å²) in [5.74, 6) is -0.935. The number of benzene rings is 2. The van der Waals surface area contributed by atoms with E-state index in [9.17, 15) is 9.59 Å². The summed E-state index contributed by atoms with van der Waals surface area (Å²) in [7, 11) is 1.60. The van der Waals surface area contributed by atoms with Gasteiger partial charge in [0.15, 0.2) is 5.82 Å². The van der Waals surface area contributed by atoms with E-state index >= 15 is 4.39 Å². The zero-order valence-electron chi connectivity index (χ0n) is 18.9. The number of anilines is 1. The Morgan fingerprint density at radius 1 is 1.21 bits per heavy atom. The van der Waals surface area contributed by atoms with Crippen LogP contribution in [0.15, 0.2) is 36.4 Å². The number of fused-ring (bicyclic) bond motifs is 1. The SMILES string of the molecule is CCOC(=O)c1c(C)c2ccc(NC(=O)c3ccc(OC[C@@H]4CCCO4)cc3)c(F)c2n1C. The fourth-order valence-corrected chi connectivity index (χ4v) is 4.13. The van der Waals surface area contributed by atoms with E-state index in [1.165, 1.54) is 10.6 Å². The Bertz CT molecular complexity index is 1180. The van der Waals surface area contributed by atoms with Crippen molar-refractivity contribution in [1.82, 2.24) is 4.57 Å². The standard InChI is InChI=1S/C25H27FN2O5/c1-4-31-25(30)22-15(2)19-11-12-20(21(26)23(19)28(22)3)27-24(29)16-7-9-17(10-8-16)33-14-18-6-5-13-32-18/h7-12,18H,4-6,13-14H2,1-3H3,(H,27,29)/t18-/m0/s1. The number of hydrogen-bond donors (Lipinski definition) is 1. The Morgan fingerprint density at radius 3 is 2.64 bits per heavy atom. The number of nitrogens with zero attached hydrogens (tertiary/aromatic N) is 1. The molecule has 1 aliphatic rings. The van der Waals surface area contributed by atoms with E-state index in [-0.39, 0.29) is 29.6 Å². The summed E-state index contributed by atoms with van der Waals surface area (Å²) in [6.07, 6.45) is 2.14. The average molecular weight is 454 g/mol. The molecule has 0 aliphatic carbocycles. The highest BCUT2D eigenvalue weighted by molar-refractivity contribution is 6.06. The highest BCUT2D eigenvalue weighted by Gasteiger charge is 2.23. The average Bonchev–Trinajstić information content (AvgIpc) is 3.41. The molecule has 1 aromatic heterocycles. The maximum atomic E-state index is 15.3. The van der Waals surface area contributed by atoms with Crippen molar-refractivity contribution in [2.45, 2.75) is 32.8 Å². The second-order valence-corrected chi connectivity index (χ2v) is 8.00. The number of nitrogens with one attached hydrogen (secondary N) is 1. The Labute approximate surface area is 191 Å². The predicted octanol–water partition coefficient (Wildman–Crippen LogP) is 4.61. The monoisotopic (exact) mass is 454 g/mol. The predicted molar refractivity (Wildman–Crippen MR) is 122 cm³/mol. The lowest BCUT2D eigenvalue weighted by atomic mass is 10.1. The topological polar surface area (TPSA) is 78.8 Å². The number of aromatic nitrogens is 1. The van der Waals surface area contributed by atoms with Crippen LogP contribution in [0.5, 0.6) is 5.75 Å². The molecule has 1 saturated heterocycles. The van der Waals surface area contributed by atoms with E-state index in [0.717, 1.165) is 19.4 Å². The molecule has 0 spiro atoms. The molecule has 8 heteroatoms. The molecule has 1 atom stereocenters. The number of halogens is 1. The van der Waals surface area contributed by atoms with Gasteiger partial charge in [-0.25, -0.2) is 9.18 Å². The molecule has 2 aromatic carbocycles. The maximum absolute atomic E-state index is 15.3. The first-order valence-corrected chi connectivity index (χ1v) is 11.0. The van der Waals surface area contributed by atoms with Crippen molar-refractivity contribution in [1.29, 1.82) is 0 Å². The van der Waals surface area contributed by atoms with E-state index < -0.39 is 17.7 Å². The Kier molecular flexibility index (Phi) is 6.65. The van der Waals surface area contributed by atoms with Gasteiger partial charge in [0.1, 0.15) is 18.1 Å². The van der Waals surface area contributed by atoms with E-state index in [2.05, 4.69) is 5.32 Å². The summed E-state index contributed by atoms with van der Waals surface area (Å²) in [5, 5.41) is 3.21.